The molecule has 2 N–H and O–H groups in total. The zero-order chi connectivity index (χ0) is 17.2. The highest BCUT2D eigenvalue weighted by Gasteiger charge is 2.46. The SMILES string of the molecule is CN(C)C(=O)C1CNNC1C1(C)CCN(Cc2ccccc2)CC1. The smallest absolute Gasteiger partial charge is 0.228 e. The lowest BCUT2D eigenvalue weighted by atomic mass is 9.70. The van der Waals surface area contributed by atoms with Gasteiger partial charge in [0.15, 0.2) is 0 Å². The second-order valence-electron chi connectivity index (χ2n) is 7.76. The normalized spacial score (nSPS) is 27.1. The van der Waals surface area contributed by atoms with Gasteiger partial charge in [0, 0.05) is 33.2 Å². The van der Waals surface area contributed by atoms with E-state index >= 15 is 0 Å². The third-order valence-corrected chi connectivity index (χ3v) is 5.74. The summed E-state index contributed by atoms with van der Waals surface area (Å²) in [5.41, 5.74) is 8.16. The van der Waals surface area contributed by atoms with Gasteiger partial charge in [-0.05, 0) is 36.9 Å². The first kappa shape index (κ1) is 17.4. The van der Waals surface area contributed by atoms with Gasteiger partial charge >= 0.3 is 0 Å². The molecule has 1 amide bonds. The minimum Gasteiger partial charge on any atom is -0.348 e. The van der Waals surface area contributed by atoms with Crippen molar-refractivity contribution in [2.75, 3.05) is 33.7 Å². The van der Waals surface area contributed by atoms with Gasteiger partial charge in [-0.15, -0.1) is 0 Å². The van der Waals surface area contributed by atoms with E-state index in [2.05, 4.69) is 53.0 Å². The van der Waals surface area contributed by atoms with E-state index in [9.17, 15) is 4.79 Å². The molecule has 0 aromatic heterocycles. The molecule has 0 bridgehead atoms. The molecular formula is C19H30N4O. The zero-order valence-corrected chi connectivity index (χ0v) is 15.1. The molecule has 2 atom stereocenters. The lowest BCUT2D eigenvalue weighted by Gasteiger charge is -2.44. The molecule has 132 valence electrons. The Bertz CT molecular complexity index is 552. The van der Waals surface area contributed by atoms with E-state index in [0.717, 1.165) is 39.0 Å². The zero-order valence-electron chi connectivity index (χ0n) is 15.1. The lowest BCUT2D eigenvalue weighted by Crippen LogP contribution is -2.53. The van der Waals surface area contributed by atoms with Gasteiger partial charge in [0.2, 0.25) is 5.91 Å². The number of nitrogens with one attached hydrogen (secondary N) is 2. The number of rotatable bonds is 4. The minimum atomic E-state index is 0.0330. The number of piperidine rings is 1. The number of hydrogen-bond donors (Lipinski definition) is 2. The molecule has 24 heavy (non-hydrogen) atoms. The number of hydrogen-bond acceptors (Lipinski definition) is 4. The number of nitrogens with zero attached hydrogens (tertiary/aromatic N) is 2. The van der Waals surface area contributed by atoms with Crippen molar-refractivity contribution in [2.45, 2.75) is 32.4 Å². The molecule has 0 radical (unpaired) electrons. The van der Waals surface area contributed by atoms with Gasteiger partial charge in [0.05, 0.1) is 5.92 Å². The molecule has 2 fully saturated rings. The van der Waals surface area contributed by atoms with Crippen molar-refractivity contribution in [1.82, 2.24) is 20.7 Å². The Kier molecular flexibility index (Phi) is 5.23. The van der Waals surface area contributed by atoms with Crippen LogP contribution in [-0.2, 0) is 11.3 Å². The van der Waals surface area contributed by atoms with E-state index in [-0.39, 0.29) is 23.3 Å². The van der Waals surface area contributed by atoms with Crippen LogP contribution in [-0.4, -0.2) is 55.5 Å². The number of hydrazine groups is 1. The predicted molar refractivity (Wildman–Crippen MR) is 96.2 cm³/mol. The van der Waals surface area contributed by atoms with Crippen LogP contribution >= 0.6 is 0 Å². The fourth-order valence-electron chi connectivity index (χ4n) is 4.09. The van der Waals surface area contributed by atoms with Crippen LogP contribution in [0.2, 0.25) is 0 Å². The topological polar surface area (TPSA) is 47.6 Å². The van der Waals surface area contributed by atoms with Gasteiger partial charge in [-0.25, -0.2) is 0 Å². The largest absolute Gasteiger partial charge is 0.348 e. The van der Waals surface area contributed by atoms with Crippen LogP contribution in [0.3, 0.4) is 0 Å². The molecule has 2 aliphatic heterocycles. The molecule has 3 rings (SSSR count). The highest BCUT2D eigenvalue weighted by Crippen LogP contribution is 2.39. The maximum absolute atomic E-state index is 12.5. The summed E-state index contributed by atoms with van der Waals surface area (Å²) in [6.45, 7) is 6.27. The van der Waals surface area contributed by atoms with E-state index in [1.54, 1.807) is 4.90 Å². The molecule has 1 aromatic rings. The van der Waals surface area contributed by atoms with E-state index in [0.29, 0.717) is 0 Å². The average molecular weight is 330 g/mol. The quantitative estimate of drug-likeness (QED) is 0.878. The third kappa shape index (κ3) is 3.63. The minimum absolute atomic E-state index is 0.0330. The molecule has 5 nitrogen and oxygen atoms in total. The van der Waals surface area contributed by atoms with Gasteiger partial charge in [0.1, 0.15) is 0 Å². The summed E-state index contributed by atoms with van der Waals surface area (Å²) in [5.74, 6) is 0.260. The van der Waals surface area contributed by atoms with Crippen molar-refractivity contribution in [3.8, 4) is 0 Å². The molecular weight excluding hydrogens is 300 g/mol. The van der Waals surface area contributed by atoms with Crippen LogP contribution in [0.15, 0.2) is 30.3 Å². The summed E-state index contributed by atoms with van der Waals surface area (Å²) in [5, 5.41) is 0. The van der Waals surface area contributed by atoms with Gasteiger partial charge in [-0.1, -0.05) is 37.3 Å². The fraction of sp³-hybridized carbons (Fsp3) is 0.632. The molecule has 2 aliphatic rings. The van der Waals surface area contributed by atoms with Gasteiger partial charge in [-0.3, -0.25) is 20.5 Å². The van der Waals surface area contributed by atoms with Crippen molar-refractivity contribution in [3.63, 3.8) is 0 Å². The van der Waals surface area contributed by atoms with Crippen molar-refractivity contribution < 1.29 is 4.79 Å². The Labute approximate surface area is 145 Å². The van der Waals surface area contributed by atoms with E-state index in [4.69, 9.17) is 0 Å². The Balaban J connectivity index is 1.60. The lowest BCUT2D eigenvalue weighted by molar-refractivity contribution is -0.134. The number of carbonyl (C=O) groups is 1. The first-order valence-electron chi connectivity index (χ1n) is 8.95. The standard InChI is InChI=1S/C19H30N4O/c1-19(17-16(13-20-21-17)18(24)22(2)3)9-11-23(12-10-19)14-15-7-5-4-6-8-15/h4-8,16-17,20-21H,9-14H2,1-3H3. The van der Waals surface area contributed by atoms with Crippen LogP contribution in [0.4, 0.5) is 0 Å². The van der Waals surface area contributed by atoms with Crippen LogP contribution in [0.1, 0.15) is 25.3 Å². The van der Waals surface area contributed by atoms with Crippen molar-refractivity contribution in [2.24, 2.45) is 11.3 Å². The molecule has 2 unspecified atom stereocenters. The van der Waals surface area contributed by atoms with Crippen LogP contribution in [0.25, 0.3) is 0 Å². The van der Waals surface area contributed by atoms with Gasteiger partial charge < -0.3 is 4.90 Å². The predicted octanol–water partition coefficient (Wildman–Crippen LogP) is 1.47. The maximum atomic E-state index is 12.5. The highest BCUT2D eigenvalue weighted by atomic mass is 16.2. The van der Waals surface area contributed by atoms with Gasteiger partial charge in [-0.2, -0.15) is 0 Å². The average Bonchev–Trinajstić information content (AvgIpc) is 3.08. The summed E-state index contributed by atoms with van der Waals surface area (Å²) < 4.78 is 0. The molecule has 2 heterocycles. The summed E-state index contributed by atoms with van der Waals surface area (Å²) >= 11 is 0. The van der Waals surface area contributed by atoms with E-state index in [1.807, 2.05) is 14.1 Å². The second kappa shape index (κ2) is 7.21. The first-order valence-corrected chi connectivity index (χ1v) is 8.95. The fourth-order valence-corrected chi connectivity index (χ4v) is 4.09. The molecule has 0 spiro atoms. The summed E-state index contributed by atoms with van der Waals surface area (Å²) in [4.78, 5) is 16.7. The Morgan fingerprint density at radius 2 is 1.92 bits per heavy atom. The number of likely N-dealkylation sites (tertiary alicyclic amines) is 1. The van der Waals surface area contributed by atoms with Crippen LogP contribution < -0.4 is 10.9 Å². The Hall–Kier alpha value is -1.43. The molecule has 0 aliphatic carbocycles. The highest BCUT2D eigenvalue weighted by molar-refractivity contribution is 5.79. The summed E-state index contributed by atoms with van der Waals surface area (Å²) in [7, 11) is 3.70. The third-order valence-electron chi connectivity index (χ3n) is 5.74. The van der Waals surface area contributed by atoms with E-state index in [1.165, 1.54) is 5.56 Å². The molecule has 1 aromatic carbocycles. The monoisotopic (exact) mass is 330 g/mol. The summed E-state index contributed by atoms with van der Waals surface area (Å²) in [6, 6.07) is 10.9. The van der Waals surface area contributed by atoms with Crippen LogP contribution in [0, 0.1) is 11.3 Å². The Morgan fingerprint density at radius 3 is 2.54 bits per heavy atom. The molecule has 5 heteroatoms. The van der Waals surface area contributed by atoms with Crippen molar-refractivity contribution in [1.29, 1.82) is 0 Å². The van der Waals surface area contributed by atoms with Gasteiger partial charge in [0.25, 0.3) is 0 Å². The Morgan fingerprint density at radius 1 is 1.25 bits per heavy atom. The number of amides is 1. The van der Waals surface area contributed by atoms with Crippen molar-refractivity contribution >= 4 is 5.91 Å². The molecule has 2 saturated heterocycles. The summed E-state index contributed by atoms with van der Waals surface area (Å²) in [6.07, 6.45) is 2.24. The second-order valence-corrected chi connectivity index (χ2v) is 7.76. The number of benzene rings is 1. The molecule has 0 saturated carbocycles. The van der Waals surface area contributed by atoms with Crippen molar-refractivity contribution in [3.05, 3.63) is 35.9 Å². The number of carbonyl (C=O) groups excluding carboxylic acids is 1. The first-order chi connectivity index (χ1) is 11.5. The van der Waals surface area contributed by atoms with E-state index < -0.39 is 0 Å². The van der Waals surface area contributed by atoms with Crippen LogP contribution in [0.5, 0.6) is 0 Å². The maximum Gasteiger partial charge on any atom is 0.228 e.